The average molecular weight is 433 g/mol. The molecule has 28 heavy (non-hydrogen) atoms. The molecule has 0 amide bonds. The second kappa shape index (κ2) is 13.1. The monoisotopic (exact) mass is 432 g/mol. The van der Waals surface area contributed by atoms with E-state index in [1.54, 1.807) is 17.5 Å². The van der Waals surface area contributed by atoms with Gasteiger partial charge in [0.15, 0.2) is 5.96 Å². The number of ether oxygens (including phenoxy) is 2. The maximum Gasteiger partial charge on any atom is 0.250 e. The smallest absolute Gasteiger partial charge is 0.250 e. The van der Waals surface area contributed by atoms with Gasteiger partial charge in [0.05, 0.1) is 0 Å². The predicted molar refractivity (Wildman–Crippen MR) is 112 cm³/mol. The molecule has 2 heterocycles. The van der Waals surface area contributed by atoms with E-state index < -0.39 is 10.0 Å². The Labute approximate surface area is 172 Å². The summed E-state index contributed by atoms with van der Waals surface area (Å²) in [7, 11) is -3.42. The van der Waals surface area contributed by atoms with Crippen molar-refractivity contribution in [3.63, 3.8) is 0 Å². The highest BCUT2D eigenvalue weighted by atomic mass is 32.2. The van der Waals surface area contributed by atoms with Crippen LogP contribution in [-0.4, -0.2) is 67.0 Å². The highest BCUT2D eigenvalue weighted by molar-refractivity contribution is 7.91. The van der Waals surface area contributed by atoms with E-state index in [-0.39, 0.29) is 0 Å². The molecule has 1 aliphatic heterocycles. The lowest BCUT2D eigenvalue weighted by Gasteiger charge is -2.21. The van der Waals surface area contributed by atoms with Crippen molar-refractivity contribution < 1.29 is 17.9 Å². The minimum atomic E-state index is -3.42. The quantitative estimate of drug-likeness (QED) is 0.262. The third kappa shape index (κ3) is 8.87. The van der Waals surface area contributed by atoms with Gasteiger partial charge in [-0.25, -0.2) is 13.1 Å². The summed E-state index contributed by atoms with van der Waals surface area (Å²) in [6.45, 7) is 7.33. The Kier molecular flexibility index (Phi) is 10.8. The minimum Gasteiger partial charge on any atom is -0.381 e. The van der Waals surface area contributed by atoms with Gasteiger partial charge in [0.1, 0.15) is 4.21 Å². The molecule has 3 N–H and O–H groups in total. The number of nitrogens with zero attached hydrogens (tertiary/aromatic N) is 1. The summed E-state index contributed by atoms with van der Waals surface area (Å²) in [5.74, 6) is 1.30. The first-order valence-corrected chi connectivity index (χ1v) is 12.2. The molecule has 1 aliphatic rings. The van der Waals surface area contributed by atoms with Crippen LogP contribution in [0, 0.1) is 5.92 Å². The van der Waals surface area contributed by atoms with Crippen molar-refractivity contribution in [3.05, 3.63) is 17.5 Å². The van der Waals surface area contributed by atoms with Gasteiger partial charge in [0.2, 0.25) is 10.0 Å². The van der Waals surface area contributed by atoms with Crippen LogP contribution in [0.25, 0.3) is 0 Å². The first-order valence-electron chi connectivity index (χ1n) is 9.82. The Morgan fingerprint density at radius 2 is 2.14 bits per heavy atom. The molecule has 0 atom stereocenters. The molecule has 1 saturated heterocycles. The Hall–Kier alpha value is -1.20. The molecule has 0 bridgehead atoms. The second-order valence-electron chi connectivity index (χ2n) is 6.50. The van der Waals surface area contributed by atoms with E-state index in [1.165, 1.54) is 11.3 Å². The van der Waals surface area contributed by atoms with E-state index in [1.807, 2.05) is 6.92 Å². The fraction of sp³-hybridized carbons (Fsp3) is 0.722. The van der Waals surface area contributed by atoms with Crippen LogP contribution in [0.2, 0.25) is 0 Å². The molecule has 1 fully saturated rings. The van der Waals surface area contributed by atoms with Crippen LogP contribution in [0.15, 0.2) is 26.7 Å². The number of thiophene rings is 1. The first kappa shape index (κ1) is 23.1. The summed E-state index contributed by atoms with van der Waals surface area (Å²) < 4.78 is 38.1. The number of aliphatic imine (C=N–C) groups is 1. The van der Waals surface area contributed by atoms with Gasteiger partial charge < -0.3 is 20.1 Å². The fourth-order valence-electron chi connectivity index (χ4n) is 2.72. The van der Waals surface area contributed by atoms with Crippen LogP contribution >= 0.6 is 11.3 Å². The number of hydrogen-bond acceptors (Lipinski definition) is 6. The highest BCUT2D eigenvalue weighted by Gasteiger charge is 2.14. The molecule has 0 spiro atoms. The Morgan fingerprint density at radius 1 is 1.32 bits per heavy atom. The Balaban J connectivity index is 1.59. The zero-order chi connectivity index (χ0) is 20.1. The maximum absolute atomic E-state index is 12.1. The molecule has 0 unspecified atom stereocenters. The largest absolute Gasteiger partial charge is 0.381 e. The molecule has 1 aromatic rings. The van der Waals surface area contributed by atoms with Gasteiger partial charge in [-0.15, -0.1) is 11.3 Å². The van der Waals surface area contributed by atoms with E-state index in [9.17, 15) is 8.42 Å². The zero-order valence-electron chi connectivity index (χ0n) is 16.5. The summed E-state index contributed by atoms with van der Waals surface area (Å²) in [6.07, 6.45) is 3.02. The molecule has 160 valence electrons. The standard InChI is InChI=1S/C18H32N4O4S2/c1-2-19-18(20-8-4-11-26-15-16-6-12-25-13-7-16)21-9-10-22-28(23,24)17-5-3-14-27-17/h3,5,14,16,22H,2,4,6-13,15H2,1H3,(H2,19,20,21). The van der Waals surface area contributed by atoms with Crippen LogP contribution in [0.4, 0.5) is 0 Å². The maximum atomic E-state index is 12.1. The van der Waals surface area contributed by atoms with Crippen molar-refractivity contribution in [2.45, 2.75) is 30.4 Å². The van der Waals surface area contributed by atoms with E-state index >= 15 is 0 Å². The third-order valence-electron chi connectivity index (χ3n) is 4.22. The molecule has 8 nitrogen and oxygen atoms in total. The normalized spacial score (nSPS) is 16.2. The van der Waals surface area contributed by atoms with Crippen molar-refractivity contribution in [1.29, 1.82) is 0 Å². The van der Waals surface area contributed by atoms with Gasteiger partial charge in [-0.3, -0.25) is 4.99 Å². The summed E-state index contributed by atoms with van der Waals surface area (Å²) in [6, 6.07) is 3.32. The van der Waals surface area contributed by atoms with E-state index in [0.29, 0.717) is 42.3 Å². The summed E-state index contributed by atoms with van der Waals surface area (Å²) in [5.41, 5.74) is 0. The number of rotatable bonds is 12. The molecule has 0 aliphatic carbocycles. The molecule has 1 aromatic heterocycles. The Morgan fingerprint density at radius 3 is 2.86 bits per heavy atom. The predicted octanol–water partition coefficient (Wildman–Crippen LogP) is 1.41. The summed E-state index contributed by atoms with van der Waals surface area (Å²) >= 11 is 1.20. The average Bonchev–Trinajstić information content (AvgIpc) is 3.24. The van der Waals surface area contributed by atoms with Crippen molar-refractivity contribution in [2.24, 2.45) is 10.9 Å². The van der Waals surface area contributed by atoms with Crippen LogP contribution < -0.4 is 15.4 Å². The SMILES string of the molecule is CCNC(=NCCCOCC1CCOCC1)NCCNS(=O)(=O)c1cccs1. The van der Waals surface area contributed by atoms with Crippen molar-refractivity contribution >= 4 is 27.3 Å². The minimum absolute atomic E-state index is 0.291. The molecule has 0 saturated carbocycles. The Bertz CT molecular complexity index is 659. The van der Waals surface area contributed by atoms with Crippen LogP contribution in [0.1, 0.15) is 26.2 Å². The van der Waals surface area contributed by atoms with Gasteiger partial charge in [0, 0.05) is 52.6 Å². The number of hydrogen-bond donors (Lipinski definition) is 3. The lowest BCUT2D eigenvalue weighted by molar-refractivity contribution is 0.0205. The van der Waals surface area contributed by atoms with E-state index in [2.05, 4.69) is 20.3 Å². The number of nitrogens with one attached hydrogen (secondary N) is 3. The first-order chi connectivity index (χ1) is 13.6. The van der Waals surface area contributed by atoms with Gasteiger partial charge in [-0.05, 0) is 43.6 Å². The summed E-state index contributed by atoms with van der Waals surface area (Å²) in [5, 5.41) is 8.05. The fourth-order valence-corrected chi connectivity index (χ4v) is 4.79. The topological polar surface area (TPSA) is 101 Å². The number of guanidine groups is 1. The number of sulfonamides is 1. The van der Waals surface area contributed by atoms with Crippen LogP contribution in [0.3, 0.4) is 0 Å². The van der Waals surface area contributed by atoms with E-state index in [4.69, 9.17) is 9.47 Å². The van der Waals surface area contributed by atoms with Gasteiger partial charge >= 0.3 is 0 Å². The van der Waals surface area contributed by atoms with Crippen LogP contribution in [-0.2, 0) is 19.5 Å². The van der Waals surface area contributed by atoms with Gasteiger partial charge in [0.25, 0.3) is 0 Å². The summed E-state index contributed by atoms with van der Waals surface area (Å²) in [4.78, 5) is 4.50. The molecular weight excluding hydrogens is 400 g/mol. The third-order valence-corrected chi connectivity index (χ3v) is 7.08. The van der Waals surface area contributed by atoms with Crippen molar-refractivity contribution in [3.8, 4) is 0 Å². The second-order valence-corrected chi connectivity index (χ2v) is 9.44. The van der Waals surface area contributed by atoms with Crippen molar-refractivity contribution in [1.82, 2.24) is 15.4 Å². The molecule has 0 aromatic carbocycles. The zero-order valence-corrected chi connectivity index (χ0v) is 18.1. The molecular formula is C18H32N4O4S2. The lowest BCUT2D eigenvalue weighted by atomic mass is 10.0. The van der Waals surface area contributed by atoms with Gasteiger partial charge in [-0.1, -0.05) is 6.07 Å². The van der Waals surface area contributed by atoms with E-state index in [0.717, 1.165) is 45.6 Å². The van der Waals surface area contributed by atoms with Crippen molar-refractivity contribution in [2.75, 3.05) is 52.6 Å². The van der Waals surface area contributed by atoms with Gasteiger partial charge in [-0.2, -0.15) is 0 Å². The van der Waals surface area contributed by atoms with Crippen LogP contribution in [0.5, 0.6) is 0 Å². The molecule has 0 radical (unpaired) electrons. The lowest BCUT2D eigenvalue weighted by Crippen LogP contribution is -2.41. The molecule has 2 rings (SSSR count). The molecule has 10 heteroatoms. The highest BCUT2D eigenvalue weighted by Crippen LogP contribution is 2.15.